The van der Waals surface area contributed by atoms with Gasteiger partial charge in [0.1, 0.15) is 0 Å². The van der Waals surface area contributed by atoms with Crippen molar-refractivity contribution in [1.29, 1.82) is 0 Å². The van der Waals surface area contributed by atoms with Crippen LogP contribution >= 0.6 is 11.9 Å². The molecular formula is C19H18N2O2S. The molecule has 2 aliphatic heterocycles. The molecular weight excluding hydrogens is 320 g/mol. The SMILES string of the molecule is Cc1ccc([C@@H]2C(=O)N(C)S[C@]23C(=O)Nc2ccccc23)cc1C. The van der Waals surface area contributed by atoms with Crippen LogP contribution in [0, 0.1) is 13.8 Å². The van der Waals surface area contributed by atoms with E-state index in [4.69, 9.17) is 0 Å². The van der Waals surface area contributed by atoms with E-state index < -0.39 is 10.7 Å². The summed E-state index contributed by atoms with van der Waals surface area (Å²) in [6.07, 6.45) is 0. The molecule has 1 spiro atoms. The summed E-state index contributed by atoms with van der Waals surface area (Å²) >= 11 is 1.32. The smallest absolute Gasteiger partial charge is 0.248 e. The Kier molecular flexibility index (Phi) is 3.25. The molecule has 4 rings (SSSR count). The quantitative estimate of drug-likeness (QED) is 0.811. The average molecular weight is 338 g/mol. The van der Waals surface area contributed by atoms with Crippen LogP contribution in [-0.2, 0) is 14.3 Å². The van der Waals surface area contributed by atoms with Crippen LogP contribution in [0.5, 0.6) is 0 Å². The van der Waals surface area contributed by atoms with Gasteiger partial charge in [-0.25, -0.2) is 0 Å². The molecule has 122 valence electrons. The third-order valence-electron chi connectivity index (χ3n) is 5.02. The third-order valence-corrected chi connectivity index (χ3v) is 6.40. The Morgan fingerprint density at radius 3 is 2.58 bits per heavy atom. The number of amides is 2. The van der Waals surface area contributed by atoms with E-state index in [0.717, 1.165) is 22.4 Å². The van der Waals surface area contributed by atoms with E-state index >= 15 is 0 Å². The minimum absolute atomic E-state index is 0.0323. The van der Waals surface area contributed by atoms with Gasteiger partial charge in [-0.1, -0.05) is 36.4 Å². The van der Waals surface area contributed by atoms with Gasteiger partial charge in [-0.2, -0.15) is 0 Å². The summed E-state index contributed by atoms with van der Waals surface area (Å²) in [5.74, 6) is -0.666. The van der Waals surface area contributed by atoms with Crippen molar-refractivity contribution in [2.24, 2.45) is 0 Å². The van der Waals surface area contributed by atoms with Crippen molar-refractivity contribution in [3.05, 3.63) is 64.7 Å². The molecule has 2 aromatic rings. The highest BCUT2D eigenvalue weighted by Gasteiger charge is 2.62. The van der Waals surface area contributed by atoms with Crippen molar-refractivity contribution in [3.63, 3.8) is 0 Å². The zero-order valence-corrected chi connectivity index (χ0v) is 14.6. The number of likely N-dealkylation sites (N-methyl/N-ethyl adjacent to an activating group) is 1. The van der Waals surface area contributed by atoms with E-state index in [1.807, 2.05) is 56.3 Å². The molecule has 0 radical (unpaired) electrons. The van der Waals surface area contributed by atoms with E-state index in [0.29, 0.717) is 0 Å². The van der Waals surface area contributed by atoms with Crippen molar-refractivity contribution in [1.82, 2.24) is 4.31 Å². The highest BCUT2D eigenvalue weighted by Crippen LogP contribution is 2.60. The van der Waals surface area contributed by atoms with Crippen molar-refractivity contribution >= 4 is 29.4 Å². The maximum absolute atomic E-state index is 13.0. The van der Waals surface area contributed by atoms with Gasteiger partial charge in [0.05, 0.1) is 5.92 Å². The first kappa shape index (κ1) is 15.3. The summed E-state index contributed by atoms with van der Waals surface area (Å²) in [7, 11) is 1.74. The average Bonchev–Trinajstić information content (AvgIpc) is 2.98. The van der Waals surface area contributed by atoms with Crippen molar-refractivity contribution < 1.29 is 9.59 Å². The van der Waals surface area contributed by atoms with Crippen LogP contribution in [0.2, 0.25) is 0 Å². The predicted octanol–water partition coefficient (Wildman–Crippen LogP) is 3.35. The number of hydrogen-bond acceptors (Lipinski definition) is 3. The third kappa shape index (κ3) is 1.88. The number of aryl methyl sites for hydroxylation is 2. The predicted molar refractivity (Wildman–Crippen MR) is 95.8 cm³/mol. The second-order valence-corrected chi connectivity index (χ2v) is 7.81. The van der Waals surface area contributed by atoms with Gasteiger partial charge < -0.3 is 5.32 Å². The number of rotatable bonds is 1. The van der Waals surface area contributed by atoms with E-state index in [-0.39, 0.29) is 11.8 Å². The molecule has 2 aliphatic rings. The maximum atomic E-state index is 13.0. The van der Waals surface area contributed by atoms with Gasteiger partial charge in [-0.3, -0.25) is 13.9 Å². The molecule has 0 unspecified atom stereocenters. The number of benzene rings is 2. The van der Waals surface area contributed by atoms with E-state index in [1.54, 1.807) is 11.4 Å². The van der Waals surface area contributed by atoms with Gasteiger partial charge in [0.15, 0.2) is 4.75 Å². The summed E-state index contributed by atoms with van der Waals surface area (Å²) in [5, 5.41) is 2.96. The van der Waals surface area contributed by atoms with Crippen LogP contribution in [0.3, 0.4) is 0 Å². The number of nitrogens with one attached hydrogen (secondary N) is 1. The Morgan fingerprint density at radius 1 is 1.08 bits per heavy atom. The van der Waals surface area contributed by atoms with Crippen LogP contribution < -0.4 is 5.32 Å². The van der Waals surface area contributed by atoms with Crippen molar-refractivity contribution in [2.45, 2.75) is 24.5 Å². The lowest BCUT2D eigenvalue weighted by molar-refractivity contribution is -0.128. The van der Waals surface area contributed by atoms with Gasteiger partial charge in [0, 0.05) is 18.3 Å². The van der Waals surface area contributed by atoms with Crippen LogP contribution in [0.4, 0.5) is 5.69 Å². The normalized spacial score (nSPS) is 25.3. The van der Waals surface area contributed by atoms with Gasteiger partial charge in [-0.15, -0.1) is 0 Å². The Labute approximate surface area is 145 Å². The van der Waals surface area contributed by atoms with Gasteiger partial charge in [0.25, 0.3) is 0 Å². The monoisotopic (exact) mass is 338 g/mol. The van der Waals surface area contributed by atoms with Crippen LogP contribution in [0.25, 0.3) is 0 Å². The number of anilines is 1. The summed E-state index contributed by atoms with van der Waals surface area (Å²) in [5.41, 5.74) is 4.89. The maximum Gasteiger partial charge on any atom is 0.248 e. The molecule has 2 atom stereocenters. The molecule has 2 aromatic carbocycles. The number of para-hydroxylation sites is 1. The Morgan fingerprint density at radius 2 is 1.83 bits per heavy atom. The zero-order chi connectivity index (χ0) is 17.1. The lowest BCUT2D eigenvalue weighted by atomic mass is 9.80. The standard InChI is InChI=1S/C19H18N2O2S/c1-11-8-9-13(10-12(11)2)16-17(22)21(3)24-19(16)14-6-4-5-7-15(14)20-18(19)23/h4-10,16H,1-3H3,(H,20,23)/t16-,19+/m1/s1. The molecule has 1 saturated heterocycles. The molecule has 0 aromatic heterocycles. The molecule has 1 N–H and O–H groups in total. The number of nitrogens with zero attached hydrogens (tertiary/aromatic N) is 1. The molecule has 2 heterocycles. The number of carbonyl (C=O) groups excluding carboxylic acids is 2. The highest BCUT2D eigenvalue weighted by molar-refractivity contribution is 7.99. The zero-order valence-electron chi connectivity index (χ0n) is 13.8. The molecule has 24 heavy (non-hydrogen) atoms. The fourth-order valence-corrected chi connectivity index (χ4v) is 5.00. The van der Waals surface area contributed by atoms with Gasteiger partial charge >= 0.3 is 0 Å². The van der Waals surface area contributed by atoms with Gasteiger partial charge in [-0.05, 0) is 48.6 Å². The van der Waals surface area contributed by atoms with Crippen molar-refractivity contribution in [2.75, 3.05) is 12.4 Å². The molecule has 5 heteroatoms. The first-order chi connectivity index (χ1) is 11.4. The fraction of sp³-hybridized carbons (Fsp3) is 0.263. The molecule has 1 fully saturated rings. The summed E-state index contributed by atoms with van der Waals surface area (Å²) in [4.78, 5) is 25.9. The lowest BCUT2D eigenvalue weighted by Gasteiger charge is -2.26. The molecule has 2 amide bonds. The second-order valence-electron chi connectivity index (χ2n) is 6.44. The number of fused-ring (bicyclic) bond motifs is 2. The number of carbonyl (C=O) groups is 2. The molecule has 4 nitrogen and oxygen atoms in total. The first-order valence-electron chi connectivity index (χ1n) is 7.90. The fourth-order valence-electron chi connectivity index (χ4n) is 3.62. The van der Waals surface area contributed by atoms with E-state index in [9.17, 15) is 9.59 Å². The van der Waals surface area contributed by atoms with Gasteiger partial charge in [0.2, 0.25) is 11.8 Å². The topological polar surface area (TPSA) is 49.4 Å². The Balaban J connectivity index is 1.95. The minimum Gasteiger partial charge on any atom is -0.324 e. The van der Waals surface area contributed by atoms with Crippen LogP contribution in [0.1, 0.15) is 28.2 Å². The lowest BCUT2D eigenvalue weighted by Crippen LogP contribution is -2.36. The molecule has 0 aliphatic carbocycles. The largest absolute Gasteiger partial charge is 0.324 e. The summed E-state index contributed by atoms with van der Waals surface area (Å²) < 4.78 is 0.672. The first-order valence-corrected chi connectivity index (χ1v) is 8.67. The highest BCUT2D eigenvalue weighted by atomic mass is 32.2. The number of hydrogen-bond donors (Lipinski definition) is 1. The van der Waals surface area contributed by atoms with E-state index in [2.05, 4.69) is 5.32 Å². The van der Waals surface area contributed by atoms with Crippen LogP contribution in [-0.4, -0.2) is 23.2 Å². The summed E-state index contributed by atoms with van der Waals surface area (Å²) in [6, 6.07) is 13.7. The minimum atomic E-state index is -0.926. The van der Waals surface area contributed by atoms with E-state index in [1.165, 1.54) is 17.5 Å². The second kappa shape index (κ2) is 5.11. The summed E-state index contributed by atoms with van der Waals surface area (Å²) in [6.45, 7) is 4.08. The van der Waals surface area contributed by atoms with Crippen LogP contribution in [0.15, 0.2) is 42.5 Å². The molecule has 0 bridgehead atoms. The Bertz CT molecular complexity index is 879. The van der Waals surface area contributed by atoms with Crippen molar-refractivity contribution in [3.8, 4) is 0 Å². The Hall–Kier alpha value is -2.27. The molecule has 0 saturated carbocycles.